The predicted octanol–water partition coefficient (Wildman–Crippen LogP) is 2.88. The molecule has 1 fully saturated rings. The molecular formula is C18H19N3O3S2. The molecule has 6 nitrogen and oxygen atoms in total. The number of aromatic amines is 1. The lowest BCUT2D eigenvalue weighted by Crippen LogP contribution is -2.40. The highest BCUT2D eigenvalue weighted by Gasteiger charge is 2.26. The van der Waals surface area contributed by atoms with E-state index in [1.807, 2.05) is 30.3 Å². The number of morpholine rings is 1. The monoisotopic (exact) mass is 389 g/mol. The van der Waals surface area contributed by atoms with Crippen molar-refractivity contribution < 1.29 is 13.2 Å². The van der Waals surface area contributed by atoms with Crippen molar-refractivity contribution in [3.63, 3.8) is 0 Å². The molecule has 26 heavy (non-hydrogen) atoms. The van der Waals surface area contributed by atoms with Crippen LogP contribution in [0.1, 0.15) is 5.56 Å². The average molecular weight is 390 g/mol. The molecule has 136 valence electrons. The minimum atomic E-state index is -3.47. The standard InChI is InChI=1S/C18H19N3O3S2/c22-26(23,21-8-10-24-11-9-21)15-5-3-4-14(12-15)13-25-18-19-16-6-1-2-7-17(16)20-18/h1-7,12H,8-11,13H2,(H,19,20). The summed E-state index contributed by atoms with van der Waals surface area (Å²) in [5.74, 6) is 0.645. The number of hydrogen-bond acceptors (Lipinski definition) is 5. The quantitative estimate of drug-likeness (QED) is 0.679. The molecule has 0 amide bonds. The highest BCUT2D eigenvalue weighted by atomic mass is 32.2. The number of para-hydroxylation sites is 2. The largest absolute Gasteiger partial charge is 0.379 e. The Kier molecular flexibility index (Phi) is 4.99. The zero-order valence-corrected chi connectivity index (χ0v) is 15.7. The third-order valence-corrected chi connectivity index (χ3v) is 7.09. The molecule has 1 aromatic heterocycles. The van der Waals surface area contributed by atoms with Crippen molar-refractivity contribution in [1.29, 1.82) is 0 Å². The zero-order chi connectivity index (χ0) is 18.0. The molecule has 3 aromatic rings. The van der Waals surface area contributed by atoms with Gasteiger partial charge in [-0.25, -0.2) is 13.4 Å². The van der Waals surface area contributed by atoms with Gasteiger partial charge in [0.25, 0.3) is 0 Å². The number of imidazole rings is 1. The van der Waals surface area contributed by atoms with Crippen molar-refractivity contribution in [3.05, 3.63) is 54.1 Å². The van der Waals surface area contributed by atoms with E-state index in [0.29, 0.717) is 37.0 Å². The SMILES string of the molecule is O=S(=O)(c1cccc(CSc2nc3ccccc3[nH]2)c1)N1CCOCC1. The summed E-state index contributed by atoms with van der Waals surface area (Å²) in [5, 5.41) is 0.827. The first-order valence-electron chi connectivity index (χ1n) is 8.37. The molecule has 0 aliphatic carbocycles. The highest BCUT2D eigenvalue weighted by molar-refractivity contribution is 7.98. The van der Waals surface area contributed by atoms with Gasteiger partial charge in [0.1, 0.15) is 0 Å². The van der Waals surface area contributed by atoms with Crippen LogP contribution in [0.3, 0.4) is 0 Å². The lowest BCUT2D eigenvalue weighted by atomic mass is 10.2. The van der Waals surface area contributed by atoms with Crippen LogP contribution < -0.4 is 0 Å². The minimum absolute atomic E-state index is 0.335. The zero-order valence-electron chi connectivity index (χ0n) is 14.1. The number of benzene rings is 2. The Balaban J connectivity index is 1.50. The van der Waals surface area contributed by atoms with E-state index in [2.05, 4.69) is 9.97 Å². The number of fused-ring (bicyclic) bond motifs is 1. The van der Waals surface area contributed by atoms with Crippen LogP contribution >= 0.6 is 11.8 Å². The molecule has 0 spiro atoms. The molecule has 1 aliphatic rings. The normalized spacial score (nSPS) is 16.2. The van der Waals surface area contributed by atoms with Gasteiger partial charge in [0.15, 0.2) is 5.16 Å². The summed E-state index contributed by atoms with van der Waals surface area (Å²) >= 11 is 1.56. The number of nitrogens with zero attached hydrogens (tertiary/aromatic N) is 2. The lowest BCUT2D eigenvalue weighted by Gasteiger charge is -2.26. The summed E-state index contributed by atoms with van der Waals surface area (Å²) in [6.07, 6.45) is 0. The third-order valence-electron chi connectivity index (χ3n) is 4.25. The van der Waals surface area contributed by atoms with E-state index in [4.69, 9.17) is 4.74 Å². The van der Waals surface area contributed by atoms with E-state index >= 15 is 0 Å². The first-order chi connectivity index (χ1) is 12.6. The maximum atomic E-state index is 12.8. The van der Waals surface area contributed by atoms with Crippen LogP contribution in [0, 0.1) is 0 Å². The Morgan fingerprint density at radius 2 is 1.92 bits per heavy atom. The number of thioether (sulfide) groups is 1. The van der Waals surface area contributed by atoms with Gasteiger partial charge in [0, 0.05) is 18.8 Å². The molecular weight excluding hydrogens is 370 g/mol. The molecule has 1 saturated heterocycles. The van der Waals surface area contributed by atoms with Crippen LogP contribution in [0.25, 0.3) is 11.0 Å². The molecule has 0 bridgehead atoms. The summed E-state index contributed by atoms with van der Waals surface area (Å²) in [6, 6.07) is 15.0. The number of nitrogens with one attached hydrogen (secondary N) is 1. The van der Waals surface area contributed by atoms with Gasteiger partial charge in [0.05, 0.1) is 29.1 Å². The lowest BCUT2D eigenvalue weighted by molar-refractivity contribution is 0.0730. The van der Waals surface area contributed by atoms with Crippen LogP contribution in [-0.4, -0.2) is 49.0 Å². The Labute approximate surface area is 156 Å². The Bertz CT molecular complexity index is 978. The molecule has 1 N–H and O–H groups in total. The van der Waals surface area contributed by atoms with E-state index in [1.54, 1.807) is 30.0 Å². The number of ether oxygens (including phenoxy) is 1. The van der Waals surface area contributed by atoms with Gasteiger partial charge in [-0.1, -0.05) is 36.0 Å². The summed E-state index contributed by atoms with van der Waals surface area (Å²) < 4.78 is 32.3. The van der Waals surface area contributed by atoms with E-state index in [9.17, 15) is 8.42 Å². The molecule has 4 rings (SSSR count). The molecule has 0 radical (unpaired) electrons. The summed E-state index contributed by atoms with van der Waals surface area (Å²) in [4.78, 5) is 8.15. The Morgan fingerprint density at radius 1 is 1.12 bits per heavy atom. The molecule has 0 saturated carbocycles. The highest BCUT2D eigenvalue weighted by Crippen LogP contribution is 2.25. The first kappa shape index (κ1) is 17.5. The number of rotatable bonds is 5. The molecule has 8 heteroatoms. The van der Waals surface area contributed by atoms with Gasteiger partial charge >= 0.3 is 0 Å². The van der Waals surface area contributed by atoms with Crippen molar-refractivity contribution in [3.8, 4) is 0 Å². The molecule has 1 aliphatic heterocycles. The maximum absolute atomic E-state index is 12.8. The third kappa shape index (κ3) is 3.64. The number of aromatic nitrogens is 2. The van der Waals surface area contributed by atoms with Crippen molar-refractivity contribution >= 4 is 32.8 Å². The topological polar surface area (TPSA) is 75.3 Å². The second-order valence-electron chi connectivity index (χ2n) is 6.01. The predicted molar refractivity (Wildman–Crippen MR) is 102 cm³/mol. The summed E-state index contributed by atoms with van der Waals surface area (Å²) in [7, 11) is -3.47. The smallest absolute Gasteiger partial charge is 0.243 e. The molecule has 2 heterocycles. The fraction of sp³-hybridized carbons (Fsp3) is 0.278. The van der Waals surface area contributed by atoms with Gasteiger partial charge in [-0.3, -0.25) is 0 Å². The van der Waals surface area contributed by atoms with Gasteiger partial charge in [0.2, 0.25) is 10.0 Å². The molecule has 0 atom stereocenters. The fourth-order valence-electron chi connectivity index (χ4n) is 2.88. The molecule has 0 unspecified atom stereocenters. The second-order valence-corrected chi connectivity index (χ2v) is 8.91. The summed E-state index contributed by atoms with van der Waals surface area (Å²) in [6.45, 7) is 1.70. The van der Waals surface area contributed by atoms with E-state index in [1.165, 1.54) is 4.31 Å². The maximum Gasteiger partial charge on any atom is 0.243 e. The first-order valence-corrected chi connectivity index (χ1v) is 10.8. The van der Waals surface area contributed by atoms with Crippen LogP contribution in [0.5, 0.6) is 0 Å². The Morgan fingerprint density at radius 3 is 2.73 bits per heavy atom. The van der Waals surface area contributed by atoms with Crippen LogP contribution in [0.2, 0.25) is 0 Å². The number of hydrogen-bond donors (Lipinski definition) is 1. The molecule has 2 aromatic carbocycles. The van der Waals surface area contributed by atoms with Gasteiger partial charge in [-0.15, -0.1) is 0 Å². The van der Waals surface area contributed by atoms with Gasteiger partial charge in [-0.2, -0.15) is 4.31 Å². The van der Waals surface area contributed by atoms with Crippen molar-refractivity contribution in [2.75, 3.05) is 26.3 Å². The summed E-state index contributed by atoms with van der Waals surface area (Å²) in [5.41, 5.74) is 2.88. The minimum Gasteiger partial charge on any atom is -0.379 e. The second kappa shape index (κ2) is 7.40. The van der Waals surface area contributed by atoms with Crippen LogP contribution in [-0.2, 0) is 20.5 Å². The van der Waals surface area contributed by atoms with Crippen molar-refractivity contribution in [2.45, 2.75) is 15.8 Å². The van der Waals surface area contributed by atoms with Crippen LogP contribution in [0.15, 0.2) is 58.6 Å². The van der Waals surface area contributed by atoms with E-state index in [-0.39, 0.29) is 0 Å². The Hall–Kier alpha value is -1.87. The number of sulfonamides is 1. The van der Waals surface area contributed by atoms with E-state index < -0.39 is 10.0 Å². The number of H-pyrrole nitrogens is 1. The average Bonchev–Trinajstić information content (AvgIpc) is 3.10. The van der Waals surface area contributed by atoms with Gasteiger partial charge in [-0.05, 0) is 29.8 Å². The van der Waals surface area contributed by atoms with Crippen molar-refractivity contribution in [1.82, 2.24) is 14.3 Å². The van der Waals surface area contributed by atoms with Crippen molar-refractivity contribution in [2.24, 2.45) is 0 Å². The van der Waals surface area contributed by atoms with Crippen LogP contribution in [0.4, 0.5) is 0 Å². The van der Waals surface area contributed by atoms with E-state index in [0.717, 1.165) is 21.8 Å². The van der Waals surface area contributed by atoms with Gasteiger partial charge < -0.3 is 9.72 Å². The fourth-order valence-corrected chi connectivity index (χ4v) is 5.19.